The molecule has 8 nitrogen and oxygen atoms in total. The van der Waals surface area contributed by atoms with Crippen LogP contribution in [-0.2, 0) is 24.3 Å². The number of likely N-dealkylation sites (tertiary alicyclic amines) is 1. The summed E-state index contributed by atoms with van der Waals surface area (Å²) >= 11 is 0. The zero-order valence-corrected chi connectivity index (χ0v) is 16.7. The molecule has 2 atom stereocenters. The molecule has 1 aliphatic rings. The predicted molar refractivity (Wildman–Crippen MR) is 102 cm³/mol. The Balaban J connectivity index is 1.97. The van der Waals surface area contributed by atoms with Crippen LogP contribution in [0.1, 0.15) is 26.7 Å². The van der Waals surface area contributed by atoms with Crippen molar-refractivity contribution in [3.8, 4) is 0 Å². The zero-order valence-electron chi connectivity index (χ0n) is 15.9. The van der Waals surface area contributed by atoms with Crippen molar-refractivity contribution in [2.24, 2.45) is 5.92 Å². The molecule has 1 fully saturated rings. The molecule has 0 aromatic heterocycles. The number of anilines is 1. The Morgan fingerprint density at radius 3 is 2.59 bits per heavy atom. The normalized spacial score (nSPS) is 18.6. The lowest BCUT2D eigenvalue weighted by atomic mass is 10.1. The van der Waals surface area contributed by atoms with E-state index >= 15 is 0 Å². The van der Waals surface area contributed by atoms with Crippen LogP contribution in [0.15, 0.2) is 29.2 Å². The van der Waals surface area contributed by atoms with Gasteiger partial charge in [-0.2, -0.15) is 0 Å². The molecule has 1 heterocycles. The highest BCUT2D eigenvalue weighted by atomic mass is 32.2. The summed E-state index contributed by atoms with van der Waals surface area (Å²) in [5, 5.41) is 2.75. The lowest BCUT2D eigenvalue weighted by Crippen LogP contribution is -2.38. The lowest BCUT2D eigenvalue weighted by molar-refractivity contribution is -0.130. The molecule has 150 valence electrons. The highest BCUT2D eigenvalue weighted by Gasteiger charge is 2.36. The van der Waals surface area contributed by atoms with E-state index < -0.39 is 15.9 Å². The molecule has 0 saturated carbocycles. The topological polar surface area (TPSA) is 105 Å². The largest absolute Gasteiger partial charge is 0.383 e. The van der Waals surface area contributed by atoms with Gasteiger partial charge in [0, 0.05) is 32.3 Å². The summed E-state index contributed by atoms with van der Waals surface area (Å²) in [5.74, 6) is -0.759. The van der Waals surface area contributed by atoms with Crippen molar-refractivity contribution in [3.05, 3.63) is 24.3 Å². The van der Waals surface area contributed by atoms with Gasteiger partial charge in [0.25, 0.3) is 0 Å². The minimum atomic E-state index is -3.54. The van der Waals surface area contributed by atoms with Crippen molar-refractivity contribution in [1.29, 1.82) is 0 Å². The van der Waals surface area contributed by atoms with E-state index in [1.54, 1.807) is 24.1 Å². The van der Waals surface area contributed by atoms with Gasteiger partial charge in [-0.25, -0.2) is 13.1 Å². The van der Waals surface area contributed by atoms with Crippen molar-refractivity contribution in [3.63, 3.8) is 0 Å². The van der Waals surface area contributed by atoms with Gasteiger partial charge in [-0.1, -0.05) is 6.92 Å². The number of nitrogens with zero attached hydrogens (tertiary/aromatic N) is 1. The predicted octanol–water partition coefficient (Wildman–Crippen LogP) is 1.20. The summed E-state index contributed by atoms with van der Waals surface area (Å²) < 4.78 is 31.7. The van der Waals surface area contributed by atoms with Gasteiger partial charge in [0.05, 0.1) is 23.5 Å². The number of amides is 2. The quantitative estimate of drug-likeness (QED) is 0.651. The molecule has 0 aliphatic carbocycles. The molecule has 0 spiro atoms. The van der Waals surface area contributed by atoms with E-state index in [2.05, 4.69) is 10.0 Å². The van der Waals surface area contributed by atoms with E-state index in [1.165, 1.54) is 12.1 Å². The van der Waals surface area contributed by atoms with Crippen molar-refractivity contribution in [1.82, 2.24) is 9.62 Å². The Morgan fingerprint density at radius 2 is 2.00 bits per heavy atom. The van der Waals surface area contributed by atoms with E-state index in [0.717, 1.165) is 0 Å². The molecule has 0 bridgehead atoms. The average Bonchev–Trinajstić information content (AvgIpc) is 3.03. The molecule has 0 radical (unpaired) electrons. The van der Waals surface area contributed by atoms with Crippen LogP contribution in [0.25, 0.3) is 0 Å². The van der Waals surface area contributed by atoms with Gasteiger partial charge in [-0.15, -0.1) is 0 Å². The van der Waals surface area contributed by atoms with Crippen molar-refractivity contribution >= 4 is 27.5 Å². The van der Waals surface area contributed by atoms with Crippen molar-refractivity contribution < 1.29 is 22.7 Å². The Labute approximate surface area is 160 Å². The minimum Gasteiger partial charge on any atom is -0.383 e. The monoisotopic (exact) mass is 397 g/mol. The molecule has 27 heavy (non-hydrogen) atoms. The summed E-state index contributed by atoms with van der Waals surface area (Å²) in [6.07, 6.45) is 0.862. The fraction of sp³-hybridized carbons (Fsp3) is 0.556. The maximum absolute atomic E-state index is 12.5. The summed E-state index contributed by atoms with van der Waals surface area (Å²) in [7, 11) is -1.97. The highest BCUT2D eigenvalue weighted by Crippen LogP contribution is 2.22. The average molecular weight is 397 g/mol. The molecule has 9 heteroatoms. The number of methoxy groups -OCH3 is 1. The van der Waals surface area contributed by atoms with Crippen LogP contribution in [0.3, 0.4) is 0 Å². The Morgan fingerprint density at radius 1 is 1.33 bits per heavy atom. The second-order valence-electron chi connectivity index (χ2n) is 6.66. The van der Waals surface area contributed by atoms with Crippen LogP contribution in [-0.4, -0.2) is 58.0 Å². The van der Waals surface area contributed by atoms with Crippen LogP contribution in [0.4, 0.5) is 5.69 Å². The number of rotatable bonds is 9. The molecule has 2 amide bonds. The highest BCUT2D eigenvalue weighted by molar-refractivity contribution is 7.89. The lowest BCUT2D eigenvalue weighted by Gasteiger charge is -2.23. The van der Waals surface area contributed by atoms with Gasteiger partial charge < -0.3 is 15.0 Å². The van der Waals surface area contributed by atoms with Crippen molar-refractivity contribution in [2.75, 3.05) is 32.1 Å². The van der Waals surface area contributed by atoms with Crippen LogP contribution in [0, 0.1) is 5.92 Å². The van der Waals surface area contributed by atoms with Crippen LogP contribution < -0.4 is 10.0 Å². The fourth-order valence-corrected chi connectivity index (χ4v) is 4.08. The van der Waals surface area contributed by atoms with E-state index in [0.29, 0.717) is 31.8 Å². The third kappa shape index (κ3) is 5.50. The third-order valence-electron chi connectivity index (χ3n) is 4.44. The molecular formula is C18H27N3O5S. The van der Waals surface area contributed by atoms with Gasteiger partial charge >= 0.3 is 0 Å². The number of benzene rings is 1. The summed E-state index contributed by atoms with van der Waals surface area (Å²) in [6.45, 7) is 4.90. The molecule has 2 rings (SSSR count). The maximum Gasteiger partial charge on any atom is 0.240 e. The second kappa shape index (κ2) is 9.29. The first kappa shape index (κ1) is 21.3. The maximum atomic E-state index is 12.5. The molecular weight excluding hydrogens is 370 g/mol. The smallest absolute Gasteiger partial charge is 0.240 e. The standard InChI is InChI=1S/C18H27N3O5S/c1-4-9-19-27(24,25)16-7-5-15(6-8-16)20-18(23)14-10-17(22)21(11-14)13(2)12-26-3/h5-8,13-14,19H,4,9-12H2,1-3H3,(H,20,23)/t13-,14+/m0/s1. The Hall–Kier alpha value is -1.97. The number of hydrogen-bond donors (Lipinski definition) is 2. The van der Waals surface area contributed by atoms with E-state index in [9.17, 15) is 18.0 Å². The summed E-state index contributed by atoms with van der Waals surface area (Å²) in [5.41, 5.74) is 0.491. The number of sulfonamides is 1. The Kier molecular flexibility index (Phi) is 7.34. The number of ether oxygens (including phenoxy) is 1. The minimum absolute atomic E-state index is 0.0665. The van der Waals surface area contributed by atoms with Gasteiger partial charge in [0.15, 0.2) is 0 Å². The van der Waals surface area contributed by atoms with Crippen molar-refractivity contribution in [2.45, 2.75) is 37.6 Å². The van der Waals surface area contributed by atoms with Crippen LogP contribution in [0.2, 0.25) is 0 Å². The molecule has 1 saturated heterocycles. The molecule has 1 aromatic rings. The molecule has 1 aliphatic heterocycles. The van der Waals surface area contributed by atoms with Gasteiger partial charge in [0.1, 0.15) is 0 Å². The van der Waals surface area contributed by atoms with Gasteiger partial charge in [-0.3, -0.25) is 9.59 Å². The second-order valence-corrected chi connectivity index (χ2v) is 8.43. The molecule has 1 aromatic carbocycles. The fourth-order valence-electron chi connectivity index (χ4n) is 2.95. The summed E-state index contributed by atoms with van der Waals surface area (Å²) in [4.78, 5) is 26.4. The van der Waals surface area contributed by atoms with E-state index in [1.807, 2.05) is 13.8 Å². The van der Waals surface area contributed by atoms with Gasteiger partial charge in [-0.05, 0) is 37.6 Å². The first-order valence-electron chi connectivity index (χ1n) is 8.97. The molecule has 0 unspecified atom stereocenters. The first-order valence-corrected chi connectivity index (χ1v) is 10.5. The first-order chi connectivity index (χ1) is 12.8. The third-order valence-corrected chi connectivity index (χ3v) is 5.92. The SMILES string of the molecule is CCCNS(=O)(=O)c1ccc(NC(=O)[C@@H]2CC(=O)N([C@@H](C)COC)C2)cc1. The number of nitrogens with one attached hydrogen (secondary N) is 2. The molecule has 2 N–H and O–H groups in total. The summed E-state index contributed by atoms with van der Waals surface area (Å²) in [6, 6.07) is 5.89. The number of carbonyl (C=O) groups is 2. The number of carbonyl (C=O) groups excluding carboxylic acids is 2. The zero-order chi connectivity index (χ0) is 20.0. The van der Waals surface area contributed by atoms with Crippen LogP contribution in [0.5, 0.6) is 0 Å². The van der Waals surface area contributed by atoms with Crippen LogP contribution >= 0.6 is 0 Å². The van der Waals surface area contributed by atoms with E-state index in [-0.39, 0.29) is 29.2 Å². The Bertz CT molecular complexity index is 764. The number of hydrogen-bond acceptors (Lipinski definition) is 5. The van der Waals surface area contributed by atoms with E-state index in [4.69, 9.17) is 4.74 Å². The van der Waals surface area contributed by atoms with Gasteiger partial charge in [0.2, 0.25) is 21.8 Å².